The summed E-state index contributed by atoms with van der Waals surface area (Å²) in [6.07, 6.45) is 2.51. The van der Waals surface area contributed by atoms with Gasteiger partial charge in [0.25, 0.3) is 0 Å². The highest BCUT2D eigenvalue weighted by Crippen LogP contribution is 1.95. The monoisotopic (exact) mass is 153 g/mol. The average Bonchev–Trinajstić information content (AvgIpc) is 2.08. The van der Waals surface area contributed by atoms with E-state index in [0.717, 1.165) is 12.2 Å². The first-order valence-electron chi connectivity index (χ1n) is 3.90. The van der Waals surface area contributed by atoms with Gasteiger partial charge in [-0.05, 0) is 6.07 Å². The van der Waals surface area contributed by atoms with E-state index < -0.39 is 0 Å². The van der Waals surface area contributed by atoms with Crippen LogP contribution in [0.1, 0.15) is 26.6 Å². The van der Waals surface area contributed by atoms with Crippen molar-refractivity contribution in [1.82, 2.24) is 9.97 Å². The van der Waals surface area contributed by atoms with Crippen LogP contribution in [-0.2, 0) is 6.42 Å². The van der Waals surface area contributed by atoms with Crippen LogP contribution in [0.25, 0.3) is 0 Å². The van der Waals surface area contributed by atoms with Crippen LogP contribution in [0.5, 0.6) is 0 Å². The minimum atomic E-state index is 0.543. The normalized spacial score (nSPS) is 8.27. The summed E-state index contributed by atoms with van der Waals surface area (Å²) in [5.41, 5.74) is 5.38. The molecule has 0 bridgehead atoms. The Kier molecular flexibility index (Phi) is 5.07. The zero-order valence-corrected chi connectivity index (χ0v) is 7.33. The summed E-state index contributed by atoms with van der Waals surface area (Å²) in [6.45, 7) is 5.99. The summed E-state index contributed by atoms with van der Waals surface area (Å²) in [5.74, 6) is 1.34. The van der Waals surface area contributed by atoms with Crippen molar-refractivity contribution in [1.29, 1.82) is 0 Å². The number of nitrogens with zero attached hydrogens (tertiary/aromatic N) is 2. The summed E-state index contributed by atoms with van der Waals surface area (Å²) >= 11 is 0. The molecule has 0 aliphatic carbocycles. The number of nitrogens with two attached hydrogens (primary N) is 1. The van der Waals surface area contributed by atoms with Crippen LogP contribution >= 0.6 is 0 Å². The maximum absolute atomic E-state index is 5.38. The van der Waals surface area contributed by atoms with E-state index in [1.165, 1.54) is 0 Å². The Hall–Kier alpha value is -1.12. The van der Waals surface area contributed by atoms with E-state index in [4.69, 9.17) is 5.73 Å². The molecule has 0 aliphatic heterocycles. The number of aryl methyl sites for hydroxylation is 1. The molecule has 0 radical (unpaired) electrons. The third kappa shape index (κ3) is 3.55. The van der Waals surface area contributed by atoms with Crippen LogP contribution in [0.4, 0.5) is 5.82 Å². The second-order valence-electron chi connectivity index (χ2n) is 1.75. The molecule has 0 fully saturated rings. The molecule has 62 valence electrons. The Morgan fingerprint density at radius 1 is 1.45 bits per heavy atom. The van der Waals surface area contributed by atoms with Crippen LogP contribution in [-0.4, -0.2) is 9.97 Å². The summed E-state index contributed by atoms with van der Waals surface area (Å²) in [4.78, 5) is 7.93. The van der Waals surface area contributed by atoms with Crippen molar-refractivity contribution in [2.45, 2.75) is 27.2 Å². The van der Waals surface area contributed by atoms with Crippen LogP contribution in [0.15, 0.2) is 12.3 Å². The molecule has 11 heavy (non-hydrogen) atoms. The zero-order valence-electron chi connectivity index (χ0n) is 7.33. The molecule has 3 heteroatoms. The van der Waals surface area contributed by atoms with Crippen molar-refractivity contribution in [3.63, 3.8) is 0 Å². The largest absolute Gasteiger partial charge is 0.384 e. The molecule has 1 heterocycles. The second kappa shape index (κ2) is 5.65. The van der Waals surface area contributed by atoms with Gasteiger partial charge in [0.05, 0.1) is 0 Å². The van der Waals surface area contributed by atoms with E-state index in [2.05, 4.69) is 9.97 Å². The van der Waals surface area contributed by atoms with Gasteiger partial charge in [-0.2, -0.15) is 0 Å². The Morgan fingerprint density at radius 2 is 2.09 bits per heavy atom. The maximum atomic E-state index is 5.38. The van der Waals surface area contributed by atoms with Crippen molar-refractivity contribution >= 4 is 5.82 Å². The molecule has 0 atom stereocenters. The van der Waals surface area contributed by atoms with Crippen LogP contribution in [0, 0.1) is 0 Å². The molecule has 0 unspecified atom stereocenters. The molecule has 3 nitrogen and oxygen atoms in total. The van der Waals surface area contributed by atoms with Gasteiger partial charge in [-0.25, -0.2) is 9.97 Å². The fourth-order valence-electron chi connectivity index (χ4n) is 0.585. The molecule has 1 aromatic heterocycles. The summed E-state index contributed by atoms with van der Waals surface area (Å²) in [7, 11) is 0. The lowest BCUT2D eigenvalue weighted by Crippen LogP contribution is -1.96. The van der Waals surface area contributed by atoms with Gasteiger partial charge < -0.3 is 5.73 Å². The van der Waals surface area contributed by atoms with Crippen molar-refractivity contribution < 1.29 is 0 Å². The van der Waals surface area contributed by atoms with Crippen LogP contribution in [0.2, 0.25) is 0 Å². The van der Waals surface area contributed by atoms with E-state index in [-0.39, 0.29) is 0 Å². The third-order valence-corrected chi connectivity index (χ3v) is 1.04. The van der Waals surface area contributed by atoms with Gasteiger partial charge in [0.2, 0.25) is 0 Å². The Morgan fingerprint density at radius 3 is 2.45 bits per heavy atom. The van der Waals surface area contributed by atoms with Crippen LogP contribution < -0.4 is 5.73 Å². The topological polar surface area (TPSA) is 51.8 Å². The van der Waals surface area contributed by atoms with Crippen molar-refractivity contribution in [2.24, 2.45) is 0 Å². The number of anilines is 1. The molecular weight excluding hydrogens is 138 g/mol. The molecule has 1 rings (SSSR count). The lowest BCUT2D eigenvalue weighted by atomic mass is 10.4. The highest BCUT2D eigenvalue weighted by atomic mass is 14.9. The average molecular weight is 153 g/mol. The molecule has 0 spiro atoms. The van der Waals surface area contributed by atoms with E-state index >= 15 is 0 Å². The lowest BCUT2D eigenvalue weighted by Gasteiger charge is -1.93. The SMILES string of the molecule is CC.CCc1nccc(N)n1. The van der Waals surface area contributed by atoms with E-state index in [0.29, 0.717) is 5.82 Å². The van der Waals surface area contributed by atoms with Gasteiger partial charge in [-0.3, -0.25) is 0 Å². The molecule has 1 aromatic rings. The fraction of sp³-hybridized carbons (Fsp3) is 0.500. The van der Waals surface area contributed by atoms with Crippen LogP contribution in [0.3, 0.4) is 0 Å². The Labute approximate surface area is 67.7 Å². The summed E-state index contributed by atoms with van der Waals surface area (Å²) in [5, 5.41) is 0. The van der Waals surface area contributed by atoms with E-state index in [1.54, 1.807) is 12.3 Å². The number of hydrogen-bond acceptors (Lipinski definition) is 3. The van der Waals surface area contributed by atoms with Crippen molar-refractivity contribution in [2.75, 3.05) is 5.73 Å². The van der Waals surface area contributed by atoms with Gasteiger partial charge in [-0.15, -0.1) is 0 Å². The highest BCUT2D eigenvalue weighted by molar-refractivity contribution is 5.24. The smallest absolute Gasteiger partial charge is 0.130 e. The van der Waals surface area contributed by atoms with E-state index in [9.17, 15) is 0 Å². The Bertz CT molecular complexity index is 198. The quantitative estimate of drug-likeness (QED) is 0.667. The zero-order chi connectivity index (χ0) is 8.69. The van der Waals surface area contributed by atoms with Gasteiger partial charge in [-0.1, -0.05) is 20.8 Å². The lowest BCUT2D eigenvalue weighted by molar-refractivity contribution is 0.945. The maximum Gasteiger partial charge on any atom is 0.130 e. The molecule has 0 saturated heterocycles. The van der Waals surface area contributed by atoms with Gasteiger partial charge in [0.15, 0.2) is 0 Å². The third-order valence-electron chi connectivity index (χ3n) is 1.04. The fourth-order valence-corrected chi connectivity index (χ4v) is 0.585. The summed E-state index contributed by atoms with van der Waals surface area (Å²) < 4.78 is 0. The minimum Gasteiger partial charge on any atom is -0.384 e. The van der Waals surface area contributed by atoms with Gasteiger partial charge >= 0.3 is 0 Å². The predicted molar refractivity (Wildman–Crippen MR) is 47.2 cm³/mol. The Balaban J connectivity index is 0.000000461. The number of rotatable bonds is 1. The first-order valence-corrected chi connectivity index (χ1v) is 3.90. The van der Waals surface area contributed by atoms with Crippen molar-refractivity contribution in [3.8, 4) is 0 Å². The molecular formula is C8H15N3. The standard InChI is InChI=1S/C6H9N3.C2H6/c1-2-6-8-4-3-5(7)9-6;1-2/h3-4H,2H2,1H3,(H2,7,8,9);1-2H3. The first-order chi connectivity index (χ1) is 5.33. The molecule has 2 N–H and O–H groups in total. The number of nitrogen functional groups attached to an aromatic ring is 1. The molecule has 0 aliphatic rings. The summed E-state index contributed by atoms with van der Waals surface area (Å²) in [6, 6.07) is 1.68. The molecule has 0 aromatic carbocycles. The minimum absolute atomic E-state index is 0.543. The highest BCUT2D eigenvalue weighted by Gasteiger charge is 1.89. The van der Waals surface area contributed by atoms with Gasteiger partial charge in [0, 0.05) is 12.6 Å². The molecule has 0 saturated carbocycles. The molecule has 0 amide bonds. The number of aromatic nitrogens is 2. The van der Waals surface area contributed by atoms with E-state index in [1.807, 2.05) is 20.8 Å². The van der Waals surface area contributed by atoms with Crippen molar-refractivity contribution in [3.05, 3.63) is 18.1 Å². The van der Waals surface area contributed by atoms with Gasteiger partial charge in [0.1, 0.15) is 11.6 Å². The second-order valence-corrected chi connectivity index (χ2v) is 1.75. The number of hydrogen-bond donors (Lipinski definition) is 1. The first kappa shape index (κ1) is 9.88. The predicted octanol–water partition coefficient (Wildman–Crippen LogP) is 1.65.